The summed E-state index contributed by atoms with van der Waals surface area (Å²) < 4.78 is 0. The van der Waals surface area contributed by atoms with Gasteiger partial charge in [-0.2, -0.15) is 0 Å². The quantitative estimate of drug-likeness (QED) is 0.620. The highest BCUT2D eigenvalue weighted by molar-refractivity contribution is 8.13. The number of hydrogen-bond donors (Lipinski definition) is 0. The van der Waals surface area contributed by atoms with E-state index < -0.39 is 4.92 Å². The van der Waals surface area contributed by atoms with Gasteiger partial charge in [-0.1, -0.05) is 53.7 Å². The molecule has 0 aliphatic carbocycles. The van der Waals surface area contributed by atoms with Gasteiger partial charge in [0.1, 0.15) is 5.56 Å². The fourth-order valence-electron chi connectivity index (χ4n) is 2.65. The first-order chi connectivity index (χ1) is 12.1. The standard InChI is InChI=1S/C18H17N3O3S/c1-13-5-4-6-14(11-13)12-25-18-19-9-10-20(18)17(22)15-7-2-3-8-16(15)21(23)24/h2-8,11H,9-10,12H2,1H3. The van der Waals surface area contributed by atoms with Crippen LogP contribution in [-0.2, 0) is 5.75 Å². The first-order valence-corrected chi connectivity index (χ1v) is 8.83. The molecule has 0 radical (unpaired) electrons. The van der Waals surface area contributed by atoms with Crippen molar-refractivity contribution in [2.75, 3.05) is 13.1 Å². The van der Waals surface area contributed by atoms with Gasteiger partial charge in [0.2, 0.25) is 0 Å². The Morgan fingerprint density at radius 3 is 2.84 bits per heavy atom. The van der Waals surface area contributed by atoms with E-state index in [2.05, 4.69) is 11.1 Å². The first-order valence-electron chi connectivity index (χ1n) is 7.84. The Morgan fingerprint density at radius 2 is 2.08 bits per heavy atom. The maximum absolute atomic E-state index is 12.8. The molecule has 1 amide bonds. The van der Waals surface area contributed by atoms with Crippen molar-refractivity contribution in [1.29, 1.82) is 0 Å². The molecule has 0 saturated carbocycles. The van der Waals surface area contributed by atoms with Gasteiger partial charge in [0, 0.05) is 18.4 Å². The van der Waals surface area contributed by atoms with Gasteiger partial charge < -0.3 is 0 Å². The summed E-state index contributed by atoms with van der Waals surface area (Å²) in [6, 6.07) is 14.2. The SMILES string of the molecule is Cc1cccc(CSC2=NCCN2C(=O)c2ccccc2[N+](=O)[O-])c1. The second-order valence-electron chi connectivity index (χ2n) is 5.67. The van der Waals surface area contributed by atoms with Crippen molar-refractivity contribution in [3.8, 4) is 0 Å². The van der Waals surface area contributed by atoms with Crippen LogP contribution in [0.15, 0.2) is 53.5 Å². The number of benzene rings is 2. The topological polar surface area (TPSA) is 75.8 Å². The number of aliphatic imine (C=N–C) groups is 1. The maximum Gasteiger partial charge on any atom is 0.282 e. The monoisotopic (exact) mass is 355 g/mol. The Labute approximate surface area is 149 Å². The second kappa shape index (κ2) is 7.48. The van der Waals surface area contributed by atoms with Crippen LogP contribution in [0.25, 0.3) is 0 Å². The van der Waals surface area contributed by atoms with Crippen molar-refractivity contribution in [2.45, 2.75) is 12.7 Å². The molecule has 0 spiro atoms. The minimum Gasteiger partial charge on any atom is -0.285 e. The summed E-state index contributed by atoms with van der Waals surface area (Å²) in [5, 5.41) is 11.8. The smallest absolute Gasteiger partial charge is 0.282 e. The van der Waals surface area contributed by atoms with Crippen LogP contribution < -0.4 is 0 Å². The predicted molar refractivity (Wildman–Crippen MR) is 98.9 cm³/mol. The molecule has 0 atom stereocenters. The molecule has 2 aromatic rings. The van der Waals surface area contributed by atoms with Crippen molar-refractivity contribution < 1.29 is 9.72 Å². The van der Waals surface area contributed by atoms with Crippen molar-refractivity contribution >= 4 is 28.5 Å². The Kier molecular flexibility index (Phi) is 5.14. The third-order valence-corrected chi connectivity index (χ3v) is 4.91. The summed E-state index contributed by atoms with van der Waals surface area (Å²) in [5.74, 6) is 0.321. The molecule has 0 aromatic heterocycles. The minimum atomic E-state index is -0.528. The largest absolute Gasteiger partial charge is 0.285 e. The molecule has 25 heavy (non-hydrogen) atoms. The highest BCUT2D eigenvalue weighted by Gasteiger charge is 2.29. The number of nitrogens with zero attached hydrogens (tertiary/aromatic N) is 3. The molecule has 0 unspecified atom stereocenters. The molecule has 128 valence electrons. The predicted octanol–water partition coefficient (Wildman–Crippen LogP) is 3.65. The lowest BCUT2D eigenvalue weighted by Gasteiger charge is -2.18. The van der Waals surface area contributed by atoms with Crippen LogP contribution in [0.2, 0.25) is 0 Å². The Morgan fingerprint density at radius 1 is 1.28 bits per heavy atom. The van der Waals surface area contributed by atoms with Crippen LogP contribution in [0, 0.1) is 17.0 Å². The van der Waals surface area contributed by atoms with Crippen LogP contribution in [0.4, 0.5) is 5.69 Å². The van der Waals surface area contributed by atoms with Gasteiger partial charge in [0.25, 0.3) is 11.6 Å². The van der Waals surface area contributed by atoms with Gasteiger partial charge in [-0.05, 0) is 18.6 Å². The lowest BCUT2D eigenvalue weighted by Crippen LogP contribution is -2.33. The zero-order valence-corrected chi connectivity index (χ0v) is 14.5. The summed E-state index contributed by atoms with van der Waals surface area (Å²) >= 11 is 1.48. The summed E-state index contributed by atoms with van der Waals surface area (Å²) in [5.41, 5.74) is 2.25. The van der Waals surface area contributed by atoms with Crippen molar-refractivity contribution in [1.82, 2.24) is 4.90 Å². The fraction of sp³-hybridized carbons (Fsp3) is 0.222. The normalized spacial score (nSPS) is 13.6. The summed E-state index contributed by atoms with van der Waals surface area (Å²) in [6.07, 6.45) is 0. The third-order valence-electron chi connectivity index (χ3n) is 3.83. The minimum absolute atomic E-state index is 0.0956. The molecule has 3 rings (SSSR count). The number of para-hydroxylation sites is 1. The number of thioether (sulfide) groups is 1. The average Bonchev–Trinajstić information content (AvgIpc) is 3.08. The number of amides is 1. The average molecular weight is 355 g/mol. The number of aryl methyl sites for hydroxylation is 1. The van der Waals surface area contributed by atoms with Gasteiger partial charge in [-0.25, -0.2) is 0 Å². The van der Waals surface area contributed by atoms with E-state index in [-0.39, 0.29) is 17.2 Å². The van der Waals surface area contributed by atoms with Crippen LogP contribution >= 0.6 is 11.8 Å². The number of rotatable bonds is 4. The van der Waals surface area contributed by atoms with Gasteiger partial charge in [0.15, 0.2) is 5.17 Å². The Hall–Kier alpha value is -2.67. The molecular weight excluding hydrogens is 338 g/mol. The van der Waals surface area contributed by atoms with Crippen LogP contribution in [-0.4, -0.2) is 34.0 Å². The van der Waals surface area contributed by atoms with E-state index in [1.807, 2.05) is 25.1 Å². The maximum atomic E-state index is 12.8. The highest BCUT2D eigenvalue weighted by atomic mass is 32.2. The number of nitro groups is 1. The summed E-state index contributed by atoms with van der Waals surface area (Å²) in [6.45, 7) is 3.00. The van der Waals surface area contributed by atoms with Crippen LogP contribution in [0.5, 0.6) is 0 Å². The van der Waals surface area contributed by atoms with E-state index in [1.54, 1.807) is 12.1 Å². The van der Waals surface area contributed by atoms with Crippen molar-refractivity contribution in [2.24, 2.45) is 4.99 Å². The molecule has 1 heterocycles. The Bertz CT molecular complexity index is 851. The van der Waals surface area contributed by atoms with Gasteiger partial charge in [-0.15, -0.1) is 0 Å². The molecule has 0 fully saturated rings. The number of amidine groups is 1. The lowest BCUT2D eigenvalue weighted by atomic mass is 10.1. The molecule has 7 heteroatoms. The molecule has 6 nitrogen and oxygen atoms in total. The molecule has 0 bridgehead atoms. The lowest BCUT2D eigenvalue weighted by molar-refractivity contribution is -0.385. The number of carbonyl (C=O) groups excluding carboxylic acids is 1. The second-order valence-corrected chi connectivity index (χ2v) is 6.62. The van der Waals surface area contributed by atoms with Gasteiger partial charge in [-0.3, -0.25) is 24.8 Å². The van der Waals surface area contributed by atoms with Crippen molar-refractivity contribution in [3.63, 3.8) is 0 Å². The third kappa shape index (κ3) is 3.88. The molecular formula is C18H17N3O3S. The summed E-state index contributed by atoms with van der Waals surface area (Å²) in [4.78, 5) is 29.3. The number of nitro benzene ring substituents is 1. The number of carbonyl (C=O) groups is 1. The van der Waals surface area contributed by atoms with Crippen LogP contribution in [0.1, 0.15) is 21.5 Å². The van der Waals surface area contributed by atoms with Gasteiger partial charge in [0.05, 0.1) is 11.5 Å². The highest BCUT2D eigenvalue weighted by Crippen LogP contribution is 2.25. The fourth-order valence-corrected chi connectivity index (χ4v) is 3.64. The van der Waals surface area contributed by atoms with E-state index in [1.165, 1.54) is 34.4 Å². The van der Waals surface area contributed by atoms with Crippen molar-refractivity contribution in [3.05, 3.63) is 75.3 Å². The zero-order valence-electron chi connectivity index (χ0n) is 13.7. The molecule has 1 aliphatic rings. The molecule has 0 N–H and O–H groups in total. The molecule has 1 aliphatic heterocycles. The van der Waals surface area contributed by atoms with E-state index >= 15 is 0 Å². The number of hydrogen-bond acceptors (Lipinski definition) is 5. The van der Waals surface area contributed by atoms with E-state index in [0.29, 0.717) is 24.0 Å². The molecule has 2 aromatic carbocycles. The zero-order chi connectivity index (χ0) is 17.8. The van der Waals surface area contributed by atoms with Crippen LogP contribution in [0.3, 0.4) is 0 Å². The summed E-state index contributed by atoms with van der Waals surface area (Å²) in [7, 11) is 0. The Balaban J connectivity index is 1.75. The first kappa shape index (κ1) is 17.2. The van der Waals surface area contributed by atoms with E-state index in [0.717, 1.165) is 5.56 Å². The molecule has 0 saturated heterocycles. The van der Waals surface area contributed by atoms with Gasteiger partial charge >= 0.3 is 0 Å². The van der Waals surface area contributed by atoms with E-state index in [4.69, 9.17) is 0 Å². The van der Waals surface area contributed by atoms with E-state index in [9.17, 15) is 14.9 Å².